The lowest BCUT2D eigenvalue weighted by molar-refractivity contribution is 0.0472. The molecular formula is C18H21ClO. The Hall–Kier alpha value is -1.31. The second kappa shape index (κ2) is 6.43. The normalized spacial score (nSPS) is 14.0. The van der Waals surface area contributed by atoms with E-state index in [1.54, 1.807) is 0 Å². The topological polar surface area (TPSA) is 20.2 Å². The Morgan fingerprint density at radius 3 is 2.35 bits per heavy atom. The summed E-state index contributed by atoms with van der Waals surface area (Å²) < 4.78 is 0. The van der Waals surface area contributed by atoms with Crippen molar-refractivity contribution in [3.05, 3.63) is 59.7 Å². The molecule has 0 heterocycles. The minimum Gasteiger partial charge on any atom is -0.385 e. The molecule has 0 aromatic heterocycles. The minimum absolute atomic E-state index is 0.581. The van der Waals surface area contributed by atoms with E-state index in [-0.39, 0.29) is 0 Å². The van der Waals surface area contributed by atoms with Crippen LogP contribution in [-0.2, 0) is 5.60 Å². The predicted molar refractivity (Wildman–Crippen MR) is 86.1 cm³/mol. The molecule has 106 valence electrons. The molecule has 2 aromatic carbocycles. The van der Waals surface area contributed by atoms with Crippen molar-refractivity contribution in [1.29, 1.82) is 0 Å². The smallest absolute Gasteiger partial charge is 0.0869 e. The van der Waals surface area contributed by atoms with Crippen molar-refractivity contribution >= 4 is 11.6 Å². The summed E-state index contributed by atoms with van der Waals surface area (Å²) in [6.45, 7) is 3.94. The summed E-state index contributed by atoms with van der Waals surface area (Å²) >= 11 is 5.70. The number of rotatable bonds is 5. The molecule has 2 rings (SSSR count). The molecule has 0 amide bonds. The first kappa shape index (κ1) is 15.1. The van der Waals surface area contributed by atoms with Gasteiger partial charge in [-0.2, -0.15) is 0 Å². The molecule has 0 radical (unpaired) electrons. The van der Waals surface area contributed by atoms with Gasteiger partial charge in [0.05, 0.1) is 5.60 Å². The number of hydrogen-bond donors (Lipinski definition) is 1. The molecule has 2 heteroatoms. The third-order valence-corrected chi connectivity index (χ3v) is 3.92. The number of halogens is 1. The van der Waals surface area contributed by atoms with Crippen LogP contribution >= 0.6 is 11.6 Å². The first-order chi connectivity index (χ1) is 9.53. The van der Waals surface area contributed by atoms with Crippen LogP contribution < -0.4 is 0 Å². The molecular weight excluding hydrogens is 268 g/mol. The van der Waals surface area contributed by atoms with Crippen LogP contribution in [0.15, 0.2) is 48.5 Å². The Morgan fingerprint density at radius 2 is 1.75 bits per heavy atom. The van der Waals surface area contributed by atoms with E-state index in [1.165, 1.54) is 16.7 Å². The highest BCUT2D eigenvalue weighted by atomic mass is 35.5. The highest BCUT2D eigenvalue weighted by Crippen LogP contribution is 2.28. The Balaban J connectivity index is 2.22. The summed E-state index contributed by atoms with van der Waals surface area (Å²) in [6, 6.07) is 16.6. The second-order valence-electron chi connectivity index (χ2n) is 5.51. The largest absolute Gasteiger partial charge is 0.385 e. The highest BCUT2D eigenvalue weighted by molar-refractivity contribution is 6.17. The molecule has 0 aliphatic rings. The zero-order valence-electron chi connectivity index (χ0n) is 12.1. The molecule has 1 unspecified atom stereocenters. The van der Waals surface area contributed by atoms with Gasteiger partial charge in [0.1, 0.15) is 0 Å². The molecule has 1 N–H and O–H groups in total. The zero-order chi connectivity index (χ0) is 14.6. The van der Waals surface area contributed by atoms with Crippen LogP contribution in [0.3, 0.4) is 0 Å². The Morgan fingerprint density at radius 1 is 1.05 bits per heavy atom. The maximum atomic E-state index is 10.5. The van der Waals surface area contributed by atoms with Gasteiger partial charge in [-0.3, -0.25) is 0 Å². The summed E-state index contributed by atoms with van der Waals surface area (Å²) in [4.78, 5) is 0. The van der Waals surface area contributed by atoms with Crippen LogP contribution in [0, 0.1) is 6.92 Å². The van der Waals surface area contributed by atoms with E-state index >= 15 is 0 Å². The van der Waals surface area contributed by atoms with Gasteiger partial charge in [-0.15, -0.1) is 11.6 Å². The number of aliphatic hydroxyl groups is 1. The van der Waals surface area contributed by atoms with Gasteiger partial charge in [-0.25, -0.2) is 0 Å². The fraction of sp³-hybridized carbons (Fsp3) is 0.333. The molecule has 0 fully saturated rings. The Labute approximate surface area is 126 Å². The van der Waals surface area contributed by atoms with E-state index in [4.69, 9.17) is 11.6 Å². The first-order valence-corrected chi connectivity index (χ1v) is 7.52. The number of hydrogen-bond acceptors (Lipinski definition) is 1. The summed E-state index contributed by atoms with van der Waals surface area (Å²) in [5, 5.41) is 10.5. The lowest BCUT2D eigenvalue weighted by Gasteiger charge is -2.23. The number of benzene rings is 2. The summed E-state index contributed by atoms with van der Waals surface area (Å²) in [5.41, 5.74) is 3.77. The van der Waals surface area contributed by atoms with Crippen molar-refractivity contribution < 1.29 is 5.11 Å². The number of aryl methyl sites for hydroxylation is 1. The van der Waals surface area contributed by atoms with Crippen LogP contribution in [0.1, 0.15) is 30.9 Å². The lowest BCUT2D eigenvalue weighted by Crippen LogP contribution is -2.21. The van der Waals surface area contributed by atoms with Crippen LogP contribution in [0.2, 0.25) is 0 Å². The van der Waals surface area contributed by atoms with Crippen LogP contribution in [0.4, 0.5) is 0 Å². The maximum Gasteiger partial charge on any atom is 0.0869 e. The van der Waals surface area contributed by atoms with E-state index in [1.807, 2.05) is 19.1 Å². The van der Waals surface area contributed by atoms with Crippen molar-refractivity contribution in [3.8, 4) is 11.1 Å². The van der Waals surface area contributed by atoms with Gasteiger partial charge >= 0.3 is 0 Å². The minimum atomic E-state index is -0.806. The van der Waals surface area contributed by atoms with Crippen molar-refractivity contribution in [2.75, 3.05) is 5.88 Å². The fourth-order valence-electron chi connectivity index (χ4n) is 2.40. The third kappa shape index (κ3) is 3.62. The molecule has 2 aromatic rings. The molecule has 0 bridgehead atoms. The predicted octanol–water partition coefficient (Wildman–Crippen LogP) is 4.89. The van der Waals surface area contributed by atoms with E-state index in [0.717, 1.165) is 12.0 Å². The Bertz CT molecular complexity index is 558. The quantitative estimate of drug-likeness (QED) is 0.777. The molecule has 0 saturated carbocycles. The van der Waals surface area contributed by atoms with Crippen LogP contribution in [-0.4, -0.2) is 11.0 Å². The molecule has 1 nitrogen and oxygen atoms in total. The van der Waals surface area contributed by atoms with E-state index in [2.05, 4.69) is 43.3 Å². The van der Waals surface area contributed by atoms with Crippen molar-refractivity contribution in [1.82, 2.24) is 0 Å². The molecule has 20 heavy (non-hydrogen) atoms. The van der Waals surface area contributed by atoms with E-state index in [0.29, 0.717) is 12.3 Å². The average molecular weight is 289 g/mol. The maximum absolute atomic E-state index is 10.5. The van der Waals surface area contributed by atoms with Crippen molar-refractivity contribution in [3.63, 3.8) is 0 Å². The third-order valence-electron chi connectivity index (χ3n) is 3.66. The average Bonchev–Trinajstić information content (AvgIpc) is 2.45. The number of alkyl halides is 1. The summed E-state index contributed by atoms with van der Waals surface area (Å²) in [6.07, 6.45) is 1.49. The summed E-state index contributed by atoms with van der Waals surface area (Å²) in [7, 11) is 0. The second-order valence-corrected chi connectivity index (χ2v) is 5.89. The molecule has 0 aliphatic heterocycles. The lowest BCUT2D eigenvalue weighted by atomic mass is 9.90. The first-order valence-electron chi connectivity index (χ1n) is 6.99. The van der Waals surface area contributed by atoms with Gasteiger partial charge in [0.2, 0.25) is 0 Å². The zero-order valence-corrected chi connectivity index (χ0v) is 12.8. The van der Waals surface area contributed by atoms with Crippen LogP contribution in [0.25, 0.3) is 11.1 Å². The molecule has 0 saturated heterocycles. The monoisotopic (exact) mass is 288 g/mol. The van der Waals surface area contributed by atoms with Gasteiger partial charge in [0, 0.05) is 5.88 Å². The van der Waals surface area contributed by atoms with E-state index < -0.39 is 5.60 Å². The van der Waals surface area contributed by atoms with Crippen LogP contribution in [0.5, 0.6) is 0 Å². The highest BCUT2D eigenvalue weighted by Gasteiger charge is 2.22. The van der Waals surface area contributed by atoms with Gasteiger partial charge in [0.15, 0.2) is 0 Å². The molecule has 1 atom stereocenters. The van der Waals surface area contributed by atoms with Crippen molar-refractivity contribution in [2.45, 2.75) is 32.3 Å². The SMILES string of the molecule is Cc1cccc(-c2ccc(C(C)(O)CCCCl)cc2)c1. The molecule has 0 aliphatic carbocycles. The standard InChI is InChI=1S/C18H21ClO/c1-14-5-3-6-16(13-14)15-7-9-17(10-8-15)18(2,20)11-4-12-19/h3,5-10,13,20H,4,11-12H2,1-2H3. The van der Waals surface area contributed by atoms with Crippen molar-refractivity contribution in [2.24, 2.45) is 0 Å². The molecule has 0 spiro atoms. The van der Waals surface area contributed by atoms with Gasteiger partial charge < -0.3 is 5.11 Å². The summed E-state index contributed by atoms with van der Waals surface area (Å²) in [5.74, 6) is 0.581. The van der Waals surface area contributed by atoms with E-state index in [9.17, 15) is 5.11 Å². The van der Waals surface area contributed by atoms with Gasteiger partial charge in [0.25, 0.3) is 0 Å². The Kier molecular flexibility index (Phi) is 4.85. The van der Waals surface area contributed by atoms with Gasteiger partial charge in [-0.05, 0) is 43.4 Å². The van der Waals surface area contributed by atoms with Gasteiger partial charge in [-0.1, -0.05) is 54.1 Å². The fourth-order valence-corrected chi connectivity index (χ4v) is 2.54.